The van der Waals surface area contributed by atoms with Gasteiger partial charge >= 0.3 is 0 Å². The van der Waals surface area contributed by atoms with E-state index in [2.05, 4.69) is 95.0 Å². The highest BCUT2D eigenvalue weighted by atomic mass is 15.2. The molecular formula is C20H16N2. The van der Waals surface area contributed by atoms with Crippen molar-refractivity contribution in [3.8, 4) is 0 Å². The molecule has 2 nitrogen and oxygen atoms in total. The summed E-state index contributed by atoms with van der Waals surface area (Å²) in [6, 6.07) is 29.3. The van der Waals surface area contributed by atoms with Crippen LogP contribution in [-0.4, -0.2) is 0 Å². The highest BCUT2D eigenvalue weighted by molar-refractivity contribution is 5.86. The van der Waals surface area contributed by atoms with Gasteiger partial charge in [0.05, 0.1) is 11.4 Å². The van der Waals surface area contributed by atoms with Gasteiger partial charge in [0.1, 0.15) is 0 Å². The van der Waals surface area contributed by atoms with Crippen molar-refractivity contribution < 1.29 is 0 Å². The Morgan fingerprint density at radius 3 is 1.18 bits per heavy atom. The third-order valence-electron chi connectivity index (χ3n) is 3.83. The molecule has 0 bridgehead atoms. The number of fused-ring (bicyclic) bond motifs is 1. The number of rotatable bonds is 2. The van der Waals surface area contributed by atoms with Gasteiger partial charge in [0.15, 0.2) is 0 Å². The fourth-order valence-electron chi connectivity index (χ4n) is 2.79. The summed E-state index contributed by atoms with van der Waals surface area (Å²) >= 11 is 0. The maximum absolute atomic E-state index is 2.22. The highest BCUT2D eigenvalue weighted by Crippen LogP contribution is 2.41. The molecule has 0 spiro atoms. The Morgan fingerprint density at radius 1 is 0.409 bits per heavy atom. The zero-order valence-electron chi connectivity index (χ0n) is 12.1. The summed E-state index contributed by atoms with van der Waals surface area (Å²) in [6.45, 7) is 0. The van der Waals surface area contributed by atoms with Crippen molar-refractivity contribution >= 4 is 22.7 Å². The third kappa shape index (κ3) is 2.15. The quantitative estimate of drug-likeness (QED) is 0.617. The van der Waals surface area contributed by atoms with Crippen molar-refractivity contribution in [1.82, 2.24) is 0 Å². The van der Waals surface area contributed by atoms with E-state index in [1.165, 1.54) is 22.7 Å². The summed E-state index contributed by atoms with van der Waals surface area (Å²) in [6.07, 6.45) is 4.23. The molecule has 0 fully saturated rings. The lowest BCUT2D eigenvalue weighted by atomic mass is 10.1. The molecule has 0 atom stereocenters. The minimum atomic E-state index is 1.17. The Morgan fingerprint density at radius 2 is 0.773 bits per heavy atom. The Balaban J connectivity index is 1.82. The molecule has 0 saturated carbocycles. The fraction of sp³-hybridized carbons (Fsp3) is 0. The van der Waals surface area contributed by atoms with Crippen molar-refractivity contribution in [3.05, 3.63) is 97.3 Å². The van der Waals surface area contributed by atoms with Gasteiger partial charge in [0.25, 0.3) is 0 Å². The van der Waals surface area contributed by atoms with Gasteiger partial charge in [0.2, 0.25) is 0 Å². The molecule has 3 aromatic rings. The maximum Gasteiger partial charge on any atom is 0.0697 e. The minimum absolute atomic E-state index is 1.17. The van der Waals surface area contributed by atoms with E-state index >= 15 is 0 Å². The van der Waals surface area contributed by atoms with E-state index in [0.717, 1.165) is 0 Å². The summed E-state index contributed by atoms with van der Waals surface area (Å²) in [5.74, 6) is 0. The van der Waals surface area contributed by atoms with Gasteiger partial charge in [-0.25, -0.2) is 0 Å². The largest absolute Gasteiger partial charge is 0.314 e. The minimum Gasteiger partial charge on any atom is -0.314 e. The van der Waals surface area contributed by atoms with Crippen molar-refractivity contribution in [2.24, 2.45) is 0 Å². The number of hydrogen-bond acceptors (Lipinski definition) is 2. The van der Waals surface area contributed by atoms with E-state index in [1.54, 1.807) is 0 Å². The van der Waals surface area contributed by atoms with Crippen LogP contribution in [-0.2, 0) is 0 Å². The van der Waals surface area contributed by atoms with Crippen LogP contribution in [0.4, 0.5) is 22.7 Å². The second kappa shape index (κ2) is 5.41. The van der Waals surface area contributed by atoms with Crippen LogP contribution in [0.25, 0.3) is 0 Å². The number of nitrogens with zero attached hydrogens (tertiary/aromatic N) is 2. The molecule has 1 aliphatic heterocycles. The van der Waals surface area contributed by atoms with Gasteiger partial charge in [-0.3, -0.25) is 0 Å². The average molecular weight is 284 g/mol. The molecule has 22 heavy (non-hydrogen) atoms. The standard InChI is InChI=1S/C20H16N2/c1-3-9-17(10-4-1)21-15-16-22(18-11-5-2-6-12-18)20-14-8-7-13-19(20)21/h1-16H. The summed E-state index contributed by atoms with van der Waals surface area (Å²) in [5, 5.41) is 0. The molecule has 0 amide bonds. The molecule has 0 N–H and O–H groups in total. The van der Waals surface area contributed by atoms with Crippen LogP contribution >= 0.6 is 0 Å². The monoisotopic (exact) mass is 284 g/mol. The van der Waals surface area contributed by atoms with E-state index in [-0.39, 0.29) is 0 Å². The van der Waals surface area contributed by atoms with Gasteiger partial charge in [-0.1, -0.05) is 48.5 Å². The van der Waals surface area contributed by atoms with Crippen LogP contribution in [0.1, 0.15) is 0 Å². The first-order valence-corrected chi connectivity index (χ1v) is 7.39. The van der Waals surface area contributed by atoms with Crippen LogP contribution < -0.4 is 9.80 Å². The summed E-state index contributed by atoms with van der Waals surface area (Å²) in [5.41, 5.74) is 4.69. The first-order chi connectivity index (χ1) is 10.9. The molecule has 1 heterocycles. The Labute approximate surface area is 130 Å². The summed E-state index contributed by atoms with van der Waals surface area (Å²) in [7, 11) is 0. The molecule has 4 rings (SSSR count). The van der Waals surface area contributed by atoms with Crippen molar-refractivity contribution in [2.75, 3.05) is 9.80 Å². The molecule has 0 radical (unpaired) electrons. The number of para-hydroxylation sites is 4. The van der Waals surface area contributed by atoms with Gasteiger partial charge in [-0.2, -0.15) is 0 Å². The van der Waals surface area contributed by atoms with Crippen LogP contribution in [0.5, 0.6) is 0 Å². The Hall–Kier alpha value is -3.00. The molecule has 0 unspecified atom stereocenters. The lowest BCUT2D eigenvalue weighted by molar-refractivity contribution is 1.16. The van der Waals surface area contributed by atoms with Crippen molar-refractivity contribution in [1.29, 1.82) is 0 Å². The smallest absolute Gasteiger partial charge is 0.0697 e. The maximum atomic E-state index is 2.22. The zero-order chi connectivity index (χ0) is 14.8. The van der Waals surface area contributed by atoms with E-state index in [1.807, 2.05) is 12.1 Å². The van der Waals surface area contributed by atoms with E-state index in [4.69, 9.17) is 0 Å². The van der Waals surface area contributed by atoms with Crippen LogP contribution in [0.15, 0.2) is 97.3 Å². The second-order valence-corrected chi connectivity index (χ2v) is 5.20. The first kappa shape index (κ1) is 12.7. The lowest BCUT2D eigenvalue weighted by Crippen LogP contribution is -2.21. The predicted molar refractivity (Wildman–Crippen MR) is 92.7 cm³/mol. The Bertz CT molecular complexity index is 726. The zero-order valence-corrected chi connectivity index (χ0v) is 12.1. The topological polar surface area (TPSA) is 6.48 Å². The van der Waals surface area contributed by atoms with Crippen LogP contribution in [0.2, 0.25) is 0 Å². The first-order valence-electron chi connectivity index (χ1n) is 7.39. The molecule has 1 aliphatic rings. The second-order valence-electron chi connectivity index (χ2n) is 5.20. The number of anilines is 4. The highest BCUT2D eigenvalue weighted by Gasteiger charge is 2.19. The van der Waals surface area contributed by atoms with Gasteiger partial charge < -0.3 is 9.80 Å². The molecule has 106 valence electrons. The van der Waals surface area contributed by atoms with Crippen LogP contribution in [0.3, 0.4) is 0 Å². The van der Waals surface area contributed by atoms with Gasteiger partial charge in [0, 0.05) is 23.8 Å². The van der Waals surface area contributed by atoms with E-state index < -0.39 is 0 Å². The van der Waals surface area contributed by atoms with Gasteiger partial charge in [-0.15, -0.1) is 0 Å². The average Bonchev–Trinajstić information content (AvgIpc) is 2.62. The SMILES string of the molecule is C1=CN(c2ccccc2)c2ccccc2N1c1ccccc1. The summed E-state index contributed by atoms with van der Waals surface area (Å²) < 4.78 is 0. The van der Waals surface area contributed by atoms with Crippen molar-refractivity contribution in [3.63, 3.8) is 0 Å². The lowest BCUT2D eigenvalue weighted by Gasteiger charge is -2.33. The predicted octanol–water partition coefficient (Wildman–Crippen LogP) is 5.45. The van der Waals surface area contributed by atoms with Crippen LogP contribution in [0, 0.1) is 0 Å². The van der Waals surface area contributed by atoms with Crippen molar-refractivity contribution in [2.45, 2.75) is 0 Å². The molecule has 0 aliphatic carbocycles. The third-order valence-corrected chi connectivity index (χ3v) is 3.83. The fourth-order valence-corrected chi connectivity index (χ4v) is 2.79. The molecule has 0 saturated heterocycles. The van der Waals surface area contributed by atoms with E-state index in [9.17, 15) is 0 Å². The Kier molecular flexibility index (Phi) is 3.13. The molecule has 3 aromatic carbocycles. The van der Waals surface area contributed by atoms with E-state index in [0.29, 0.717) is 0 Å². The molecular weight excluding hydrogens is 268 g/mol. The molecule has 2 heteroatoms. The van der Waals surface area contributed by atoms with Gasteiger partial charge in [-0.05, 0) is 36.4 Å². The number of benzene rings is 3. The molecule has 0 aromatic heterocycles. The summed E-state index contributed by atoms with van der Waals surface area (Å²) in [4.78, 5) is 4.43. The normalized spacial score (nSPS) is 13.1. The number of hydrogen-bond donors (Lipinski definition) is 0.